The van der Waals surface area contributed by atoms with Crippen molar-refractivity contribution in [1.29, 1.82) is 0 Å². The van der Waals surface area contributed by atoms with Crippen LogP contribution in [0.5, 0.6) is 0 Å². The van der Waals surface area contributed by atoms with Crippen molar-refractivity contribution in [3.63, 3.8) is 0 Å². The van der Waals surface area contributed by atoms with Gasteiger partial charge in [-0.3, -0.25) is 9.78 Å². The molecule has 8 heteroatoms. The van der Waals surface area contributed by atoms with E-state index in [0.717, 1.165) is 5.56 Å². The molecule has 0 unspecified atom stereocenters. The Morgan fingerprint density at radius 1 is 1.19 bits per heavy atom. The van der Waals surface area contributed by atoms with Crippen LogP contribution in [0.15, 0.2) is 53.7 Å². The van der Waals surface area contributed by atoms with Crippen LogP contribution in [-0.2, 0) is 21.4 Å². The Labute approximate surface area is 158 Å². The molecule has 0 saturated carbocycles. The third kappa shape index (κ3) is 4.41. The monoisotopic (exact) mass is 393 g/mol. The van der Waals surface area contributed by atoms with Crippen molar-refractivity contribution in [3.05, 3.63) is 59.4 Å². The van der Waals surface area contributed by atoms with Crippen molar-refractivity contribution < 1.29 is 13.2 Å². The summed E-state index contributed by atoms with van der Waals surface area (Å²) in [4.78, 5) is 16.6. The first-order valence-corrected chi connectivity index (χ1v) is 10.2. The molecule has 1 saturated heterocycles. The van der Waals surface area contributed by atoms with Gasteiger partial charge in [0.1, 0.15) is 0 Å². The van der Waals surface area contributed by atoms with Gasteiger partial charge in [0.25, 0.3) is 0 Å². The van der Waals surface area contributed by atoms with Crippen molar-refractivity contribution in [2.75, 3.05) is 13.1 Å². The molecule has 1 aromatic carbocycles. The quantitative estimate of drug-likeness (QED) is 0.846. The number of piperidine rings is 1. The van der Waals surface area contributed by atoms with Gasteiger partial charge in [-0.2, -0.15) is 4.31 Å². The molecule has 1 aliphatic heterocycles. The average molecular weight is 394 g/mol. The fourth-order valence-electron chi connectivity index (χ4n) is 2.95. The molecular formula is C18H20ClN3O3S. The smallest absolute Gasteiger partial charge is 0.243 e. The minimum atomic E-state index is -3.55. The van der Waals surface area contributed by atoms with Gasteiger partial charge in [-0.25, -0.2) is 8.42 Å². The van der Waals surface area contributed by atoms with E-state index >= 15 is 0 Å². The Morgan fingerprint density at radius 3 is 2.50 bits per heavy atom. The maximum Gasteiger partial charge on any atom is 0.243 e. The average Bonchev–Trinajstić information content (AvgIpc) is 2.67. The van der Waals surface area contributed by atoms with Crippen LogP contribution in [0.3, 0.4) is 0 Å². The molecule has 1 fully saturated rings. The zero-order chi connectivity index (χ0) is 18.6. The number of hydrogen-bond donors (Lipinski definition) is 1. The number of nitrogens with one attached hydrogen (secondary N) is 1. The highest BCUT2D eigenvalue weighted by Crippen LogP contribution is 2.24. The van der Waals surface area contributed by atoms with Crippen molar-refractivity contribution in [1.82, 2.24) is 14.6 Å². The molecule has 1 aromatic heterocycles. The lowest BCUT2D eigenvalue weighted by molar-refractivity contribution is -0.126. The van der Waals surface area contributed by atoms with Gasteiger partial charge < -0.3 is 5.32 Å². The van der Waals surface area contributed by atoms with Crippen LogP contribution in [0.2, 0.25) is 5.02 Å². The molecule has 0 bridgehead atoms. The number of rotatable bonds is 5. The van der Waals surface area contributed by atoms with Crippen LogP contribution >= 0.6 is 11.6 Å². The first-order valence-electron chi connectivity index (χ1n) is 8.39. The number of sulfonamides is 1. The lowest BCUT2D eigenvalue weighted by Crippen LogP contribution is -2.42. The zero-order valence-corrected chi connectivity index (χ0v) is 15.7. The summed E-state index contributed by atoms with van der Waals surface area (Å²) in [7, 11) is -3.55. The molecule has 26 heavy (non-hydrogen) atoms. The molecule has 138 valence electrons. The molecule has 0 spiro atoms. The largest absolute Gasteiger partial charge is 0.352 e. The molecule has 1 N–H and O–H groups in total. The van der Waals surface area contributed by atoms with Gasteiger partial charge in [-0.15, -0.1) is 0 Å². The Hall–Kier alpha value is -1.96. The number of amides is 1. The lowest BCUT2D eigenvalue weighted by Gasteiger charge is -2.30. The van der Waals surface area contributed by atoms with Crippen molar-refractivity contribution in [2.45, 2.75) is 24.3 Å². The first-order chi connectivity index (χ1) is 12.5. The van der Waals surface area contributed by atoms with Crippen molar-refractivity contribution >= 4 is 27.5 Å². The van der Waals surface area contributed by atoms with Gasteiger partial charge in [-0.1, -0.05) is 17.7 Å². The van der Waals surface area contributed by atoms with Gasteiger partial charge in [0.2, 0.25) is 15.9 Å². The summed E-state index contributed by atoms with van der Waals surface area (Å²) < 4.78 is 26.8. The number of pyridine rings is 1. The van der Waals surface area contributed by atoms with E-state index in [1.165, 1.54) is 16.4 Å². The maximum absolute atomic E-state index is 12.7. The normalized spacial score (nSPS) is 16.3. The minimum absolute atomic E-state index is 0.0441. The molecule has 1 aliphatic rings. The lowest BCUT2D eigenvalue weighted by atomic mass is 9.97. The Morgan fingerprint density at radius 2 is 1.88 bits per heavy atom. The van der Waals surface area contributed by atoms with Gasteiger partial charge in [0.05, 0.1) is 4.90 Å². The molecule has 2 heterocycles. The number of carbonyl (C=O) groups excluding carboxylic acids is 1. The van der Waals surface area contributed by atoms with E-state index in [9.17, 15) is 13.2 Å². The Balaban J connectivity index is 1.55. The molecule has 2 aromatic rings. The number of halogens is 1. The predicted octanol–water partition coefficient (Wildman–Crippen LogP) is 2.45. The summed E-state index contributed by atoms with van der Waals surface area (Å²) >= 11 is 5.82. The van der Waals surface area contributed by atoms with Crippen molar-refractivity contribution in [2.24, 2.45) is 5.92 Å². The van der Waals surface area contributed by atoms with E-state index in [2.05, 4.69) is 10.3 Å². The van der Waals surface area contributed by atoms with Crippen molar-refractivity contribution in [3.8, 4) is 0 Å². The summed E-state index contributed by atoms with van der Waals surface area (Å²) in [5.74, 6) is -0.222. The summed E-state index contributed by atoms with van der Waals surface area (Å²) in [5, 5.41) is 3.39. The second kappa shape index (κ2) is 8.16. The molecule has 6 nitrogen and oxygen atoms in total. The summed E-state index contributed by atoms with van der Waals surface area (Å²) in [6.07, 6.45) is 4.40. The van der Waals surface area contributed by atoms with Crippen LogP contribution in [-0.4, -0.2) is 36.7 Å². The standard InChI is InChI=1S/C18H20ClN3O3S/c19-16-3-5-17(6-4-16)26(24,25)22-10-7-15(8-11-22)18(23)21-13-14-2-1-9-20-12-14/h1-6,9,12,15H,7-8,10-11,13H2,(H,21,23). The van der Waals surface area contributed by atoms with Crippen LogP contribution in [0, 0.1) is 5.92 Å². The maximum atomic E-state index is 12.7. The molecule has 0 aliphatic carbocycles. The van der Waals surface area contributed by atoms with E-state index in [-0.39, 0.29) is 16.7 Å². The molecule has 0 radical (unpaired) electrons. The third-order valence-electron chi connectivity index (χ3n) is 4.47. The zero-order valence-electron chi connectivity index (χ0n) is 14.1. The summed E-state index contributed by atoms with van der Waals surface area (Å²) in [5.41, 5.74) is 0.934. The number of carbonyl (C=O) groups is 1. The third-order valence-corrected chi connectivity index (χ3v) is 6.63. The van der Waals surface area contributed by atoms with E-state index in [1.807, 2.05) is 12.1 Å². The molecular weight excluding hydrogens is 374 g/mol. The van der Waals surface area contributed by atoms with Gasteiger partial charge >= 0.3 is 0 Å². The van der Waals surface area contributed by atoms with E-state index in [0.29, 0.717) is 37.5 Å². The number of hydrogen-bond acceptors (Lipinski definition) is 4. The summed E-state index contributed by atoms with van der Waals surface area (Å²) in [6, 6.07) is 9.85. The molecule has 0 atom stereocenters. The topological polar surface area (TPSA) is 79.4 Å². The fraction of sp³-hybridized carbons (Fsp3) is 0.333. The highest BCUT2D eigenvalue weighted by atomic mass is 35.5. The number of nitrogens with zero attached hydrogens (tertiary/aromatic N) is 2. The van der Waals surface area contributed by atoms with Crippen LogP contribution in [0.1, 0.15) is 18.4 Å². The van der Waals surface area contributed by atoms with Crippen LogP contribution < -0.4 is 5.32 Å². The first kappa shape index (κ1) is 18.8. The van der Waals surface area contributed by atoms with Crippen LogP contribution in [0.25, 0.3) is 0 Å². The number of aromatic nitrogens is 1. The predicted molar refractivity (Wildman–Crippen MR) is 99.0 cm³/mol. The molecule has 1 amide bonds. The molecule has 3 rings (SSSR count). The summed E-state index contributed by atoms with van der Waals surface area (Å²) in [6.45, 7) is 1.09. The fourth-order valence-corrected chi connectivity index (χ4v) is 4.55. The van der Waals surface area contributed by atoms with E-state index in [1.54, 1.807) is 24.5 Å². The second-order valence-corrected chi connectivity index (χ2v) is 8.59. The Kier molecular flexibility index (Phi) is 5.90. The van der Waals surface area contributed by atoms with Gasteiger partial charge in [-0.05, 0) is 48.7 Å². The highest BCUT2D eigenvalue weighted by Gasteiger charge is 2.31. The SMILES string of the molecule is O=C(NCc1cccnc1)C1CCN(S(=O)(=O)c2ccc(Cl)cc2)CC1. The number of benzene rings is 1. The highest BCUT2D eigenvalue weighted by molar-refractivity contribution is 7.89. The second-order valence-electron chi connectivity index (χ2n) is 6.21. The Bertz CT molecular complexity index is 849. The van der Waals surface area contributed by atoms with Gasteiger partial charge in [0, 0.05) is 43.0 Å². The van der Waals surface area contributed by atoms with E-state index in [4.69, 9.17) is 11.6 Å². The van der Waals surface area contributed by atoms with E-state index < -0.39 is 10.0 Å². The minimum Gasteiger partial charge on any atom is -0.352 e. The van der Waals surface area contributed by atoms with Gasteiger partial charge in [0.15, 0.2) is 0 Å². The van der Waals surface area contributed by atoms with Crippen LogP contribution in [0.4, 0.5) is 0 Å².